The van der Waals surface area contributed by atoms with Gasteiger partial charge >= 0.3 is 0 Å². The van der Waals surface area contributed by atoms with Crippen LogP contribution in [0.2, 0.25) is 5.02 Å². The van der Waals surface area contributed by atoms with E-state index in [9.17, 15) is 0 Å². The minimum atomic E-state index is 0.329. The Hall–Kier alpha value is -1.39. The van der Waals surface area contributed by atoms with Crippen LogP contribution in [0.3, 0.4) is 0 Å². The van der Waals surface area contributed by atoms with Gasteiger partial charge in [-0.15, -0.1) is 0 Å². The minimum Gasteiger partial charge on any atom is -0.316 e. The summed E-state index contributed by atoms with van der Waals surface area (Å²) in [7, 11) is 3.94. The van der Waals surface area contributed by atoms with Gasteiger partial charge in [0.15, 0.2) is 0 Å². The molecule has 0 spiro atoms. The fourth-order valence-electron chi connectivity index (χ4n) is 2.35. The van der Waals surface area contributed by atoms with E-state index in [1.54, 1.807) is 0 Å². The molecular weight excluding hydrogens is 272 g/mol. The third-order valence-corrected chi connectivity index (χ3v) is 4.02. The third kappa shape index (κ3) is 3.38. The molecule has 4 nitrogen and oxygen atoms in total. The van der Waals surface area contributed by atoms with Crippen LogP contribution in [-0.4, -0.2) is 27.9 Å². The summed E-state index contributed by atoms with van der Waals surface area (Å²) in [5, 5.41) is 8.64. The van der Waals surface area contributed by atoms with Crippen LogP contribution in [0.15, 0.2) is 24.5 Å². The van der Waals surface area contributed by atoms with E-state index in [0.717, 1.165) is 35.7 Å². The van der Waals surface area contributed by atoms with Gasteiger partial charge in [0.2, 0.25) is 0 Å². The molecule has 0 aliphatic rings. The molecule has 108 valence electrons. The van der Waals surface area contributed by atoms with Crippen molar-refractivity contribution in [1.82, 2.24) is 20.1 Å². The summed E-state index contributed by atoms with van der Waals surface area (Å²) in [6.07, 6.45) is 6.33. The number of pyridine rings is 1. The Morgan fingerprint density at radius 1 is 1.30 bits per heavy atom. The molecule has 1 N–H and O–H groups in total. The molecule has 0 radical (unpaired) electrons. The zero-order valence-corrected chi connectivity index (χ0v) is 13.0. The molecule has 2 aromatic rings. The molecule has 2 aromatic heterocycles. The molecule has 0 aromatic carbocycles. The first kappa shape index (κ1) is 15.0. The van der Waals surface area contributed by atoms with Gasteiger partial charge in [-0.2, -0.15) is 5.10 Å². The quantitative estimate of drug-likeness (QED) is 0.889. The second kappa shape index (κ2) is 6.86. The van der Waals surface area contributed by atoms with Crippen LogP contribution in [-0.2, 0) is 26.3 Å². The van der Waals surface area contributed by atoms with E-state index in [2.05, 4.69) is 22.3 Å². The number of hydrogen-bond donors (Lipinski definition) is 1. The molecule has 2 heterocycles. The number of likely N-dealkylation sites (N-methyl/N-ethyl adjacent to an activating group) is 1. The maximum Gasteiger partial charge on any atom is 0.0850 e. The highest BCUT2D eigenvalue weighted by molar-refractivity contribution is 6.31. The first-order valence-electron chi connectivity index (χ1n) is 6.92. The van der Waals surface area contributed by atoms with E-state index in [0.29, 0.717) is 6.04 Å². The lowest BCUT2D eigenvalue weighted by Crippen LogP contribution is -2.30. The Bertz CT molecular complexity index is 551. The number of nitrogens with zero attached hydrogens (tertiary/aromatic N) is 3. The smallest absolute Gasteiger partial charge is 0.0850 e. The van der Waals surface area contributed by atoms with E-state index in [1.807, 2.05) is 43.3 Å². The number of aromatic nitrogens is 3. The van der Waals surface area contributed by atoms with Gasteiger partial charge in [0.1, 0.15) is 0 Å². The zero-order chi connectivity index (χ0) is 14.5. The molecule has 1 unspecified atom stereocenters. The van der Waals surface area contributed by atoms with Gasteiger partial charge in [-0.1, -0.05) is 18.5 Å². The SMILES string of the molecule is CCc1nn(C)c(CC(Cc2ccncc2)NC)c1Cl. The molecule has 2 rings (SSSR count). The average Bonchev–Trinajstić information content (AvgIpc) is 2.74. The van der Waals surface area contributed by atoms with Crippen LogP contribution in [0.5, 0.6) is 0 Å². The Kier molecular flexibility index (Phi) is 5.15. The largest absolute Gasteiger partial charge is 0.316 e. The lowest BCUT2D eigenvalue weighted by Gasteiger charge is -2.16. The maximum atomic E-state index is 6.41. The summed E-state index contributed by atoms with van der Waals surface area (Å²) in [5.41, 5.74) is 3.34. The third-order valence-electron chi connectivity index (χ3n) is 3.58. The molecule has 0 saturated carbocycles. The minimum absolute atomic E-state index is 0.329. The van der Waals surface area contributed by atoms with Gasteiger partial charge < -0.3 is 5.32 Å². The normalized spacial score (nSPS) is 12.6. The highest BCUT2D eigenvalue weighted by Gasteiger charge is 2.17. The van der Waals surface area contributed by atoms with Crippen LogP contribution >= 0.6 is 11.6 Å². The van der Waals surface area contributed by atoms with E-state index in [4.69, 9.17) is 11.6 Å². The molecule has 5 heteroatoms. The van der Waals surface area contributed by atoms with Crippen molar-refractivity contribution in [3.63, 3.8) is 0 Å². The van der Waals surface area contributed by atoms with Gasteiger partial charge in [-0.3, -0.25) is 9.67 Å². The molecular formula is C15H21ClN4. The first-order chi connectivity index (χ1) is 9.65. The van der Waals surface area contributed by atoms with Gasteiger partial charge in [0.25, 0.3) is 0 Å². The van der Waals surface area contributed by atoms with Gasteiger partial charge in [0.05, 0.1) is 16.4 Å². The van der Waals surface area contributed by atoms with E-state index < -0.39 is 0 Å². The predicted molar refractivity (Wildman–Crippen MR) is 82.1 cm³/mol. The van der Waals surface area contributed by atoms with Crippen LogP contribution in [0.25, 0.3) is 0 Å². The summed E-state index contributed by atoms with van der Waals surface area (Å²) < 4.78 is 1.90. The summed E-state index contributed by atoms with van der Waals surface area (Å²) in [5.74, 6) is 0. The Balaban J connectivity index is 2.12. The second-order valence-electron chi connectivity index (χ2n) is 4.93. The molecule has 0 aliphatic carbocycles. The van der Waals surface area contributed by atoms with Crippen LogP contribution in [0.4, 0.5) is 0 Å². The first-order valence-corrected chi connectivity index (χ1v) is 7.29. The topological polar surface area (TPSA) is 42.7 Å². The standard InChI is InChI=1S/C15H21ClN4/c1-4-13-15(16)14(20(3)19-13)10-12(17-2)9-11-5-7-18-8-6-11/h5-8,12,17H,4,9-10H2,1-3H3. The maximum absolute atomic E-state index is 6.41. The van der Waals surface area contributed by atoms with E-state index in [1.165, 1.54) is 5.56 Å². The highest BCUT2D eigenvalue weighted by atomic mass is 35.5. The van der Waals surface area contributed by atoms with Crippen LogP contribution in [0, 0.1) is 0 Å². The molecule has 1 atom stereocenters. The number of nitrogens with one attached hydrogen (secondary N) is 1. The predicted octanol–water partition coefficient (Wildman–Crippen LogP) is 2.40. The molecule has 0 amide bonds. The van der Waals surface area contributed by atoms with Crippen LogP contribution < -0.4 is 5.32 Å². The van der Waals surface area contributed by atoms with Crippen molar-refractivity contribution in [1.29, 1.82) is 0 Å². The second-order valence-corrected chi connectivity index (χ2v) is 5.31. The highest BCUT2D eigenvalue weighted by Crippen LogP contribution is 2.22. The summed E-state index contributed by atoms with van der Waals surface area (Å²) >= 11 is 6.41. The lowest BCUT2D eigenvalue weighted by molar-refractivity contribution is 0.533. The Morgan fingerprint density at radius 3 is 2.55 bits per heavy atom. The molecule has 0 aliphatic heterocycles. The van der Waals surface area contributed by atoms with Gasteiger partial charge in [0, 0.05) is 31.9 Å². The van der Waals surface area contributed by atoms with Crippen molar-refractivity contribution in [2.45, 2.75) is 32.2 Å². The Labute approximate surface area is 125 Å². The molecule has 0 saturated heterocycles. The van der Waals surface area contributed by atoms with E-state index in [-0.39, 0.29) is 0 Å². The molecule has 0 bridgehead atoms. The fourth-order valence-corrected chi connectivity index (χ4v) is 2.73. The monoisotopic (exact) mass is 292 g/mol. The zero-order valence-electron chi connectivity index (χ0n) is 12.2. The Morgan fingerprint density at radius 2 is 2.00 bits per heavy atom. The summed E-state index contributed by atoms with van der Waals surface area (Å²) in [6, 6.07) is 4.43. The average molecular weight is 293 g/mol. The summed E-state index contributed by atoms with van der Waals surface area (Å²) in [4.78, 5) is 4.05. The summed E-state index contributed by atoms with van der Waals surface area (Å²) in [6.45, 7) is 2.07. The number of rotatable bonds is 6. The van der Waals surface area contributed by atoms with Crippen molar-refractivity contribution in [2.75, 3.05) is 7.05 Å². The van der Waals surface area contributed by atoms with Crippen molar-refractivity contribution in [3.8, 4) is 0 Å². The van der Waals surface area contributed by atoms with E-state index >= 15 is 0 Å². The number of aryl methyl sites for hydroxylation is 2. The van der Waals surface area contributed by atoms with Gasteiger partial charge in [-0.05, 0) is 37.6 Å². The molecule has 0 fully saturated rings. The molecule has 20 heavy (non-hydrogen) atoms. The van der Waals surface area contributed by atoms with Crippen molar-refractivity contribution < 1.29 is 0 Å². The van der Waals surface area contributed by atoms with Crippen LogP contribution in [0.1, 0.15) is 23.9 Å². The number of hydrogen-bond acceptors (Lipinski definition) is 3. The van der Waals surface area contributed by atoms with Crippen molar-refractivity contribution in [3.05, 3.63) is 46.5 Å². The fraction of sp³-hybridized carbons (Fsp3) is 0.467. The van der Waals surface area contributed by atoms with Crippen molar-refractivity contribution >= 4 is 11.6 Å². The van der Waals surface area contributed by atoms with Crippen molar-refractivity contribution in [2.24, 2.45) is 7.05 Å². The number of halogens is 1. The van der Waals surface area contributed by atoms with Gasteiger partial charge in [-0.25, -0.2) is 0 Å². The lowest BCUT2D eigenvalue weighted by atomic mass is 10.0.